The summed E-state index contributed by atoms with van der Waals surface area (Å²) in [6, 6.07) is 10.0. The van der Waals surface area contributed by atoms with Gasteiger partial charge in [0.05, 0.1) is 17.7 Å². The van der Waals surface area contributed by atoms with Crippen LogP contribution in [0.1, 0.15) is 55.2 Å². The van der Waals surface area contributed by atoms with Crippen LogP contribution in [0.3, 0.4) is 0 Å². The van der Waals surface area contributed by atoms with E-state index in [1.165, 1.54) is 0 Å². The van der Waals surface area contributed by atoms with Crippen LogP contribution in [0.5, 0.6) is 0 Å². The van der Waals surface area contributed by atoms with Gasteiger partial charge in [-0.15, -0.1) is 0 Å². The molecule has 0 spiro atoms. The quantitative estimate of drug-likeness (QED) is 0.584. The summed E-state index contributed by atoms with van der Waals surface area (Å²) in [7, 11) is 0. The van der Waals surface area contributed by atoms with Crippen LogP contribution in [-0.2, 0) is 20.7 Å². The number of rotatable bonds is 8. The van der Waals surface area contributed by atoms with Crippen molar-refractivity contribution in [1.82, 2.24) is 10.1 Å². The third-order valence-electron chi connectivity index (χ3n) is 6.03. The first-order chi connectivity index (χ1) is 14.9. The van der Waals surface area contributed by atoms with Crippen molar-refractivity contribution in [3.63, 3.8) is 0 Å². The molecule has 0 radical (unpaired) electrons. The second-order valence-electron chi connectivity index (χ2n) is 8.24. The zero-order valence-corrected chi connectivity index (χ0v) is 18.7. The molecule has 2 heterocycles. The molecule has 6 nitrogen and oxygen atoms in total. The molecular formula is C25H32N2O4. The smallest absolute Gasteiger partial charge is 0.314 e. The van der Waals surface area contributed by atoms with Crippen molar-refractivity contribution in [3.05, 3.63) is 59.0 Å². The predicted molar refractivity (Wildman–Crippen MR) is 119 cm³/mol. The summed E-state index contributed by atoms with van der Waals surface area (Å²) in [5, 5.41) is 3.96. The number of aromatic nitrogens is 1. The molecule has 0 saturated carbocycles. The van der Waals surface area contributed by atoms with Gasteiger partial charge in [-0.05, 0) is 52.0 Å². The zero-order chi connectivity index (χ0) is 22.3. The topological polar surface area (TPSA) is 72.6 Å². The van der Waals surface area contributed by atoms with Crippen LogP contribution in [0.4, 0.5) is 0 Å². The summed E-state index contributed by atoms with van der Waals surface area (Å²) in [5.41, 5.74) is 2.21. The van der Waals surface area contributed by atoms with E-state index < -0.39 is 5.41 Å². The van der Waals surface area contributed by atoms with Crippen LogP contribution in [0, 0.1) is 19.3 Å². The van der Waals surface area contributed by atoms with Crippen LogP contribution in [-0.4, -0.2) is 41.6 Å². The van der Waals surface area contributed by atoms with E-state index in [-0.39, 0.29) is 11.9 Å². The SMILES string of the molecule is CCOC(=O)[C@@]1(C/C=C/c2ccccc2)CCCN(C(=O)CCc2c(C)noc2C)C1. The van der Waals surface area contributed by atoms with Gasteiger partial charge in [-0.3, -0.25) is 9.59 Å². The van der Waals surface area contributed by atoms with E-state index in [2.05, 4.69) is 5.16 Å². The number of carbonyl (C=O) groups excluding carboxylic acids is 2. The second kappa shape index (κ2) is 10.4. The van der Waals surface area contributed by atoms with Gasteiger partial charge in [0.1, 0.15) is 5.76 Å². The summed E-state index contributed by atoms with van der Waals surface area (Å²) in [5.74, 6) is 0.604. The largest absolute Gasteiger partial charge is 0.466 e. The van der Waals surface area contributed by atoms with Gasteiger partial charge in [0.15, 0.2) is 0 Å². The number of aryl methyl sites for hydroxylation is 2. The summed E-state index contributed by atoms with van der Waals surface area (Å²) < 4.78 is 10.6. The van der Waals surface area contributed by atoms with Crippen molar-refractivity contribution >= 4 is 18.0 Å². The third-order valence-corrected chi connectivity index (χ3v) is 6.03. The maximum Gasteiger partial charge on any atom is 0.314 e. The highest BCUT2D eigenvalue weighted by molar-refractivity contribution is 5.81. The lowest BCUT2D eigenvalue weighted by atomic mass is 9.76. The lowest BCUT2D eigenvalue weighted by Crippen LogP contribution is -2.50. The Hall–Kier alpha value is -2.89. The fourth-order valence-corrected chi connectivity index (χ4v) is 4.28. The number of likely N-dealkylation sites (tertiary alicyclic amines) is 1. The fourth-order valence-electron chi connectivity index (χ4n) is 4.28. The Morgan fingerprint density at radius 2 is 2.03 bits per heavy atom. The van der Waals surface area contributed by atoms with Crippen LogP contribution in [0.2, 0.25) is 0 Å². The molecule has 6 heteroatoms. The second-order valence-corrected chi connectivity index (χ2v) is 8.24. The van der Waals surface area contributed by atoms with Gasteiger partial charge in [-0.25, -0.2) is 0 Å². The first-order valence-electron chi connectivity index (χ1n) is 11.0. The van der Waals surface area contributed by atoms with Gasteiger partial charge >= 0.3 is 5.97 Å². The first kappa shape index (κ1) is 22.8. The number of carbonyl (C=O) groups is 2. The maximum atomic E-state index is 13.0. The Balaban J connectivity index is 1.69. The van der Waals surface area contributed by atoms with E-state index in [4.69, 9.17) is 9.26 Å². The molecular weight excluding hydrogens is 392 g/mol. The minimum absolute atomic E-state index is 0.0559. The summed E-state index contributed by atoms with van der Waals surface area (Å²) in [4.78, 5) is 27.8. The molecule has 1 fully saturated rings. The highest BCUT2D eigenvalue weighted by atomic mass is 16.5. The molecule has 1 aromatic heterocycles. The molecule has 1 saturated heterocycles. The Kier molecular flexibility index (Phi) is 7.66. The van der Waals surface area contributed by atoms with E-state index in [1.54, 1.807) is 0 Å². The molecule has 1 aliphatic heterocycles. The van der Waals surface area contributed by atoms with E-state index in [0.29, 0.717) is 39.0 Å². The van der Waals surface area contributed by atoms with E-state index in [1.807, 2.05) is 68.2 Å². The van der Waals surface area contributed by atoms with E-state index in [9.17, 15) is 9.59 Å². The Bertz CT molecular complexity index is 899. The van der Waals surface area contributed by atoms with Crippen LogP contribution < -0.4 is 0 Å². The Morgan fingerprint density at radius 3 is 2.71 bits per heavy atom. The van der Waals surface area contributed by atoms with E-state index >= 15 is 0 Å². The van der Waals surface area contributed by atoms with Crippen LogP contribution in [0.15, 0.2) is 40.9 Å². The van der Waals surface area contributed by atoms with Crippen molar-refractivity contribution in [3.8, 4) is 0 Å². The number of hydrogen-bond acceptors (Lipinski definition) is 5. The van der Waals surface area contributed by atoms with Crippen molar-refractivity contribution in [2.75, 3.05) is 19.7 Å². The number of amides is 1. The highest BCUT2D eigenvalue weighted by Gasteiger charge is 2.43. The van der Waals surface area contributed by atoms with Crippen molar-refractivity contribution in [2.45, 2.75) is 52.9 Å². The van der Waals surface area contributed by atoms with Gasteiger partial charge in [0.2, 0.25) is 5.91 Å². The lowest BCUT2D eigenvalue weighted by Gasteiger charge is -2.40. The molecule has 1 amide bonds. The van der Waals surface area contributed by atoms with Crippen molar-refractivity contribution in [1.29, 1.82) is 0 Å². The minimum atomic E-state index is -0.696. The summed E-state index contributed by atoms with van der Waals surface area (Å²) >= 11 is 0. The third kappa shape index (κ3) is 5.63. The number of piperidine rings is 1. The molecule has 1 aliphatic rings. The normalized spacial score (nSPS) is 19.0. The van der Waals surface area contributed by atoms with Crippen molar-refractivity contribution in [2.24, 2.45) is 5.41 Å². The summed E-state index contributed by atoms with van der Waals surface area (Å²) in [6.45, 7) is 6.98. The highest BCUT2D eigenvalue weighted by Crippen LogP contribution is 2.36. The number of benzene rings is 1. The number of esters is 1. The molecule has 1 atom stereocenters. The van der Waals surface area contributed by atoms with Crippen molar-refractivity contribution < 1.29 is 18.8 Å². The van der Waals surface area contributed by atoms with Gasteiger partial charge in [0, 0.05) is 25.1 Å². The molecule has 2 aromatic rings. The first-order valence-corrected chi connectivity index (χ1v) is 11.0. The molecule has 166 valence electrons. The number of ether oxygens (including phenoxy) is 1. The number of nitrogens with zero attached hydrogens (tertiary/aromatic N) is 2. The molecule has 0 unspecified atom stereocenters. The van der Waals surface area contributed by atoms with Gasteiger partial charge in [-0.1, -0.05) is 47.6 Å². The van der Waals surface area contributed by atoms with Crippen LogP contribution >= 0.6 is 0 Å². The van der Waals surface area contributed by atoms with E-state index in [0.717, 1.165) is 35.4 Å². The number of allylic oxidation sites excluding steroid dienone is 1. The molecule has 0 aliphatic carbocycles. The molecule has 3 rings (SSSR count). The average molecular weight is 425 g/mol. The number of hydrogen-bond donors (Lipinski definition) is 0. The Morgan fingerprint density at radius 1 is 1.26 bits per heavy atom. The maximum absolute atomic E-state index is 13.0. The molecule has 31 heavy (non-hydrogen) atoms. The van der Waals surface area contributed by atoms with Gasteiger partial charge < -0.3 is 14.2 Å². The fraction of sp³-hybridized carbons (Fsp3) is 0.480. The average Bonchev–Trinajstić information content (AvgIpc) is 3.10. The standard InChI is InChI=1S/C25H32N2O4/c1-4-30-24(29)25(15-8-12-21-10-6-5-7-11-21)16-9-17-27(18-25)23(28)14-13-22-19(2)26-31-20(22)3/h5-8,10-12H,4,9,13-18H2,1-3H3/b12-8+/t25-/m0/s1. The minimum Gasteiger partial charge on any atom is -0.466 e. The molecule has 0 N–H and O–H groups in total. The van der Waals surface area contributed by atoms with Gasteiger partial charge in [-0.2, -0.15) is 0 Å². The lowest BCUT2D eigenvalue weighted by molar-refractivity contribution is -0.160. The van der Waals surface area contributed by atoms with Crippen LogP contribution in [0.25, 0.3) is 6.08 Å². The predicted octanol–water partition coefficient (Wildman–Crippen LogP) is 4.50. The monoisotopic (exact) mass is 424 g/mol. The Labute approximate surface area is 184 Å². The summed E-state index contributed by atoms with van der Waals surface area (Å²) in [6.07, 6.45) is 7.09. The molecule has 0 bridgehead atoms. The molecule has 1 aromatic carbocycles. The zero-order valence-electron chi connectivity index (χ0n) is 18.7. The van der Waals surface area contributed by atoms with Gasteiger partial charge in [0.25, 0.3) is 0 Å².